The van der Waals surface area contributed by atoms with Gasteiger partial charge in [-0.15, -0.1) is 31.7 Å². The first-order valence-corrected chi connectivity index (χ1v) is 9.17. The Morgan fingerprint density at radius 3 is 2.71 bits per heavy atom. The highest BCUT2D eigenvalue weighted by molar-refractivity contribution is 7.99. The molecular weight excluding hydrogens is 368 g/mol. The van der Waals surface area contributed by atoms with E-state index < -0.39 is 0 Å². The normalized spacial score (nSPS) is 12.8. The molecule has 0 radical (unpaired) electrons. The molecule has 0 aliphatic rings. The first-order valence-electron chi connectivity index (χ1n) is 7.09. The largest absolute Gasteiger partial charge is 0.424 e. The predicted molar refractivity (Wildman–Crippen MR) is 93.4 cm³/mol. The molecule has 0 amide bonds. The van der Waals surface area contributed by atoms with E-state index in [2.05, 4.69) is 20.4 Å². The number of aryl methyl sites for hydroxylation is 1. The van der Waals surface area contributed by atoms with E-state index in [4.69, 9.17) is 20.4 Å². The van der Waals surface area contributed by atoms with Gasteiger partial charge in [0.25, 0.3) is 11.1 Å². The van der Waals surface area contributed by atoms with Gasteiger partial charge >= 0.3 is 0 Å². The topological polar surface area (TPSA) is 77.8 Å². The lowest BCUT2D eigenvalue weighted by Gasteiger charge is -2.01. The quantitative estimate of drug-likeness (QED) is 0.454. The zero-order chi connectivity index (χ0) is 16.7. The zero-order valence-corrected chi connectivity index (χ0v) is 15.1. The molecule has 4 rings (SSSR count). The first kappa shape index (κ1) is 15.6. The predicted octanol–water partition coefficient (Wildman–Crippen LogP) is 5.15. The van der Waals surface area contributed by atoms with Gasteiger partial charge in [-0.2, -0.15) is 0 Å². The Balaban J connectivity index is 1.61. The van der Waals surface area contributed by atoms with Crippen molar-refractivity contribution in [2.75, 3.05) is 0 Å². The van der Waals surface area contributed by atoms with Crippen LogP contribution in [0.5, 0.6) is 0 Å². The molecule has 0 saturated carbocycles. The molecule has 122 valence electrons. The summed E-state index contributed by atoms with van der Waals surface area (Å²) in [6, 6.07) is 7.92. The van der Waals surface area contributed by atoms with E-state index in [1.54, 1.807) is 6.92 Å². The molecule has 0 unspecified atom stereocenters. The van der Waals surface area contributed by atoms with Gasteiger partial charge in [-0.1, -0.05) is 41.6 Å². The van der Waals surface area contributed by atoms with Crippen molar-refractivity contribution in [3.8, 4) is 10.8 Å². The molecule has 0 bridgehead atoms. The second-order valence-corrected chi connectivity index (χ2v) is 7.76. The Morgan fingerprint density at radius 1 is 1.12 bits per heavy atom. The number of hydrogen-bond donors (Lipinski definition) is 0. The minimum atomic E-state index is -0.0858. The Bertz CT molecular complexity index is 1010. The fraction of sp³-hybridized carbons (Fsp3) is 0.200. The van der Waals surface area contributed by atoms with Crippen molar-refractivity contribution < 1.29 is 8.83 Å². The molecular formula is C15H11ClN4O2S2. The van der Waals surface area contributed by atoms with E-state index in [0.717, 1.165) is 15.0 Å². The third-order valence-electron chi connectivity index (χ3n) is 3.30. The fourth-order valence-corrected chi connectivity index (χ4v) is 4.33. The van der Waals surface area contributed by atoms with Crippen molar-refractivity contribution >= 4 is 44.8 Å². The molecule has 0 aliphatic carbocycles. The van der Waals surface area contributed by atoms with Crippen LogP contribution in [-0.2, 0) is 0 Å². The minimum Gasteiger partial charge on any atom is -0.424 e. The van der Waals surface area contributed by atoms with Crippen molar-refractivity contribution in [3.63, 3.8) is 0 Å². The molecule has 4 aromatic rings. The molecule has 0 aliphatic heterocycles. The van der Waals surface area contributed by atoms with E-state index >= 15 is 0 Å². The van der Waals surface area contributed by atoms with Crippen molar-refractivity contribution in [2.45, 2.75) is 24.3 Å². The van der Waals surface area contributed by atoms with Crippen LogP contribution in [0.4, 0.5) is 0 Å². The summed E-state index contributed by atoms with van der Waals surface area (Å²) in [5.74, 6) is 1.47. The highest BCUT2D eigenvalue weighted by Gasteiger charge is 2.21. The molecule has 6 nitrogen and oxygen atoms in total. The molecule has 9 heteroatoms. The summed E-state index contributed by atoms with van der Waals surface area (Å²) in [6.07, 6.45) is 0. The summed E-state index contributed by atoms with van der Waals surface area (Å²) in [5.41, 5.74) is 0. The lowest BCUT2D eigenvalue weighted by atomic mass is 10.2. The SMILES string of the molecule is Cc1nnc([C@@H](C)Sc2nnc(-c3sc4ccccc4c3Cl)o2)o1. The third-order valence-corrected chi connectivity index (χ3v) is 5.89. The van der Waals surface area contributed by atoms with Crippen LogP contribution in [0.1, 0.15) is 24.0 Å². The van der Waals surface area contributed by atoms with Gasteiger partial charge in [0.2, 0.25) is 11.8 Å². The standard InChI is InChI=1S/C15H11ClN4O2S2/c1-7(13-18-17-8(2)21-13)23-15-20-19-14(22-15)12-11(16)9-5-3-4-6-10(9)24-12/h3-7H,1-2H3/t7-/m1/s1. The van der Waals surface area contributed by atoms with E-state index in [1.165, 1.54) is 23.1 Å². The Hall–Kier alpha value is -1.90. The van der Waals surface area contributed by atoms with E-state index in [-0.39, 0.29) is 5.25 Å². The number of aromatic nitrogens is 4. The van der Waals surface area contributed by atoms with Crippen molar-refractivity contribution in [2.24, 2.45) is 0 Å². The molecule has 0 N–H and O–H groups in total. The summed E-state index contributed by atoms with van der Waals surface area (Å²) in [7, 11) is 0. The number of nitrogens with zero attached hydrogens (tertiary/aromatic N) is 4. The van der Waals surface area contributed by atoms with Gasteiger partial charge in [0.05, 0.1) is 10.3 Å². The minimum absolute atomic E-state index is 0.0858. The Morgan fingerprint density at radius 2 is 1.96 bits per heavy atom. The van der Waals surface area contributed by atoms with Crippen LogP contribution in [-0.4, -0.2) is 20.4 Å². The smallest absolute Gasteiger partial charge is 0.277 e. The number of benzene rings is 1. The van der Waals surface area contributed by atoms with Crippen LogP contribution in [0.2, 0.25) is 5.02 Å². The first-order chi connectivity index (χ1) is 11.6. The number of fused-ring (bicyclic) bond motifs is 1. The lowest BCUT2D eigenvalue weighted by molar-refractivity contribution is 0.455. The maximum atomic E-state index is 6.45. The van der Waals surface area contributed by atoms with E-state index in [0.29, 0.717) is 27.9 Å². The highest BCUT2D eigenvalue weighted by atomic mass is 35.5. The van der Waals surface area contributed by atoms with Gasteiger partial charge in [-0.3, -0.25) is 0 Å². The molecule has 1 aromatic carbocycles. The van der Waals surface area contributed by atoms with Gasteiger partial charge in [0.15, 0.2) is 0 Å². The molecule has 0 spiro atoms. The molecule has 3 aromatic heterocycles. The maximum absolute atomic E-state index is 6.45. The molecule has 1 atom stereocenters. The summed E-state index contributed by atoms with van der Waals surface area (Å²) in [4.78, 5) is 0.776. The monoisotopic (exact) mass is 378 g/mol. The zero-order valence-electron chi connectivity index (χ0n) is 12.7. The number of thiophene rings is 1. The van der Waals surface area contributed by atoms with Crippen molar-refractivity contribution in [1.82, 2.24) is 20.4 Å². The number of hydrogen-bond acceptors (Lipinski definition) is 8. The third kappa shape index (κ3) is 2.81. The highest BCUT2D eigenvalue weighted by Crippen LogP contribution is 2.42. The summed E-state index contributed by atoms with van der Waals surface area (Å²) >= 11 is 9.34. The van der Waals surface area contributed by atoms with E-state index in [9.17, 15) is 0 Å². The summed E-state index contributed by atoms with van der Waals surface area (Å²) in [6.45, 7) is 3.69. The van der Waals surface area contributed by atoms with Gasteiger partial charge in [-0.25, -0.2) is 0 Å². The van der Waals surface area contributed by atoms with Gasteiger partial charge < -0.3 is 8.83 Å². The average molecular weight is 379 g/mol. The van der Waals surface area contributed by atoms with Crippen molar-refractivity contribution in [3.05, 3.63) is 41.1 Å². The van der Waals surface area contributed by atoms with Crippen LogP contribution in [0.25, 0.3) is 20.9 Å². The lowest BCUT2D eigenvalue weighted by Crippen LogP contribution is -1.88. The molecule has 0 saturated heterocycles. The van der Waals surface area contributed by atoms with E-state index in [1.807, 2.05) is 31.2 Å². The van der Waals surface area contributed by atoms with Gasteiger partial charge in [0, 0.05) is 17.0 Å². The maximum Gasteiger partial charge on any atom is 0.277 e. The molecule has 0 fully saturated rings. The number of halogens is 1. The second kappa shape index (κ2) is 6.19. The van der Waals surface area contributed by atoms with Crippen molar-refractivity contribution in [1.29, 1.82) is 0 Å². The molecule has 3 heterocycles. The van der Waals surface area contributed by atoms with Crippen LogP contribution < -0.4 is 0 Å². The summed E-state index contributed by atoms with van der Waals surface area (Å²) < 4.78 is 12.3. The summed E-state index contributed by atoms with van der Waals surface area (Å²) in [5, 5.41) is 18.0. The average Bonchev–Trinajstić information content (AvgIpc) is 3.27. The number of rotatable bonds is 4. The van der Waals surface area contributed by atoms with Gasteiger partial charge in [-0.05, 0) is 13.0 Å². The van der Waals surface area contributed by atoms with Crippen LogP contribution in [0.15, 0.2) is 38.3 Å². The van der Waals surface area contributed by atoms with Crippen LogP contribution in [0, 0.1) is 6.92 Å². The second-order valence-electron chi connectivity index (χ2n) is 5.03. The Labute approximate surface area is 150 Å². The van der Waals surface area contributed by atoms with Crippen LogP contribution in [0.3, 0.4) is 0 Å². The Kier molecular flexibility index (Phi) is 4.03. The number of thioether (sulfide) groups is 1. The van der Waals surface area contributed by atoms with Gasteiger partial charge in [0.1, 0.15) is 4.88 Å². The molecule has 24 heavy (non-hydrogen) atoms. The van der Waals surface area contributed by atoms with Crippen LogP contribution >= 0.6 is 34.7 Å². The fourth-order valence-electron chi connectivity index (χ4n) is 2.18.